The van der Waals surface area contributed by atoms with Gasteiger partial charge in [0.1, 0.15) is 6.10 Å². The molecule has 52 valence electrons. The molecule has 2 heteroatoms. The molecule has 0 aromatic rings. The van der Waals surface area contributed by atoms with Gasteiger partial charge in [-0.1, -0.05) is 6.08 Å². The van der Waals surface area contributed by atoms with E-state index < -0.39 is 0 Å². The Labute approximate surface area is 55.1 Å². The van der Waals surface area contributed by atoms with Crippen LogP contribution in [0, 0.1) is 0 Å². The lowest BCUT2D eigenvalue weighted by atomic mass is 10.2. The molecule has 1 N–H and O–H groups in total. The molecule has 0 spiro atoms. The minimum Gasteiger partial charge on any atom is -0.393 e. The molecule has 0 amide bonds. The van der Waals surface area contributed by atoms with Crippen LogP contribution < -0.4 is 0 Å². The zero-order valence-corrected chi connectivity index (χ0v) is 5.58. The molecular weight excluding hydrogens is 116 g/mol. The number of aliphatic hydroxyl groups is 1. The summed E-state index contributed by atoms with van der Waals surface area (Å²) < 4.78 is 5.10. The van der Waals surface area contributed by atoms with Crippen LogP contribution >= 0.6 is 0 Å². The zero-order chi connectivity index (χ0) is 6.85. The summed E-state index contributed by atoms with van der Waals surface area (Å²) in [6, 6.07) is 0. The Kier molecular flexibility index (Phi) is 1.88. The van der Waals surface area contributed by atoms with Gasteiger partial charge in [0.25, 0.3) is 0 Å². The van der Waals surface area contributed by atoms with Gasteiger partial charge in [0.05, 0.1) is 12.2 Å². The van der Waals surface area contributed by atoms with E-state index in [1.807, 2.05) is 0 Å². The first-order valence-corrected chi connectivity index (χ1v) is 3.20. The molecule has 0 saturated carbocycles. The van der Waals surface area contributed by atoms with Crippen molar-refractivity contribution in [1.82, 2.24) is 0 Å². The fourth-order valence-corrected chi connectivity index (χ4v) is 0.890. The van der Waals surface area contributed by atoms with Crippen LogP contribution in [0.15, 0.2) is 12.7 Å². The second-order valence-corrected chi connectivity index (χ2v) is 2.46. The average molecular weight is 128 g/mol. The Bertz CT molecular complexity index is 109. The van der Waals surface area contributed by atoms with E-state index in [4.69, 9.17) is 9.84 Å². The topological polar surface area (TPSA) is 32.8 Å². The molecule has 0 radical (unpaired) electrons. The number of epoxide rings is 1. The normalized spacial score (nSPS) is 35.8. The Balaban J connectivity index is 2.12. The fourth-order valence-electron chi connectivity index (χ4n) is 0.890. The van der Waals surface area contributed by atoms with Crippen LogP contribution in [-0.4, -0.2) is 23.4 Å². The third-order valence-corrected chi connectivity index (χ3v) is 1.43. The highest BCUT2D eigenvalue weighted by Gasteiger charge is 2.36. The van der Waals surface area contributed by atoms with Crippen molar-refractivity contribution in [2.45, 2.75) is 31.7 Å². The number of hydrogen-bond donors (Lipinski definition) is 1. The van der Waals surface area contributed by atoms with Gasteiger partial charge in [-0.3, -0.25) is 0 Å². The first-order chi connectivity index (χ1) is 4.24. The number of ether oxygens (including phenoxy) is 1. The van der Waals surface area contributed by atoms with Crippen LogP contribution in [0.2, 0.25) is 0 Å². The molecule has 0 aromatic heterocycles. The van der Waals surface area contributed by atoms with Crippen LogP contribution in [0.25, 0.3) is 0 Å². The van der Waals surface area contributed by atoms with Gasteiger partial charge in [0, 0.05) is 6.42 Å². The molecule has 1 fully saturated rings. The summed E-state index contributed by atoms with van der Waals surface area (Å²) in [7, 11) is 0. The van der Waals surface area contributed by atoms with Gasteiger partial charge in [0.15, 0.2) is 0 Å². The maximum Gasteiger partial charge on any atom is 0.102 e. The lowest BCUT2D eigenvalue weighted by molar-refractivity contribution is 0.170. The second kappa shape index (κ2) is 2.50. The average Bonchev–Trinajstić information content (AvgIpc) is 2.45. The summed E-state index contributed by atoms with van der Waals surface area (Å²) in [5, 5.41) is 8.86. The lowest BCUT2D eigenvalue weighted by Gasteiger charge is -1.96. The van der Waals surface area contributed by atoms with Crippen molar-refractivity contribution in [1.29, 1.82) is 0 Å². The van der Waals surface area contributed by atoms with Gasteiger partial charge in [-0.15, -0.1) is 6.58 Å². The fraction of sp³-hybridized carbons (Fsp3) is 0.714. The molecular formula is C7H12O2. The first-order valence-electron chi connectivity index (χ1n) is 3.20. The van der Waals surface area contributed by atoms with Crippen molar-refractivity contribution in [2.75, 3.05) is 0 Å². The monoisotopic (exact) mass is 128 g/mol. The predicted molar refractivity (Wildman–Crippen MR) is 35.2 cm³/mol. The van der Waals surface area contributed by atoms with Gasteiger partial charge >= 0.3 is 0 Å². The maximum absolute atomic E-state index is 8.86. The van der Waals surface area contributed by atoms with E-state index in [9.17, 15) is 0 Å². The molecule has 0 unspecified atom stereocenters. The summed E-state index contributed by atoms with van der Waals surface area (Å²) >= 11 is 0. The van der Waals surface area contributed by atoms with E-state index >= 15 is 0 Å². The lowest BCUT2D eigenvalue weighted by Crippen LogP contribution is -2.04. The smallest absolute Gasteiger partial charge is 0.102 e. The third-order valence-electron chi connectivity index (χ3n) is 1.43. The van der Waals surface area contributed by atoms with E-state index in [0.717, 1.165) is 6.42 Å². The maximum atomic E-state index is 8.86. The summed E-state index contributed by atoms with van der Waals surface area (Å²) in [6.45, 7) is 5.34. The highest BCUT2D eigenvalue weighted by atomic mass is 16.6. The van der Waals surface area contributed by atoms with Crippen LogP contribution in [-0.2, 0) is 4.74 Å². The predicted octanol–water partition coefficient (Wildman–Crippen LogP) is 0.711. The van der Waals surface area contributed by atoms with Gasteiger partial charge in [-0.2, -0.15) is 0 Å². The molecule has 2 nitrogen and oxygen atoms in total. The molecule has 3 atom stereocenters. The van der Waals surface area contributed by atoms with Crippen LogP contribution in [0.1, 0.15) is 13.3 Å². The van der Waals surface area contributed by atoms with Crippen LogP contribution in [0.5, 0.6) is 0 Å². The van der Waals surface area contributed by atoms with E-state index in [1.54, 1.807) is 13.0 Å². The van der Waals surface area contributed by atoms with Gasteiger partial charge in [0.2, 0.25) is 0 Å². The molecule has 0 bridgehead atoms. The molecule has 1 saturated heterocycles. The first kappa shape index (κ1) is 6.78. The van der Waals surface area contributed by atoms with Gasteiger partial charge in [-0.05, 0) is 6.92 Å². The molecule has 1 heterocycles. The van der Waals surface area contributed by atoms with Crippen molar-refractivity contribution in [2.24, 2.45) is 0 Å². The Hall–Kier alpha value is -0.340. The number of rotatable bonds is 3. The molecule has 1 rings (SSSR count). The largest absolute Gasteiger partial charge is 0.393 e. The molecule has 1 aliphatic rings. The van der Waals surface area contributed by atoms with Crippen molar-refractivity contribution in [3.63, 3.8) is 0 Å². The minimum absolute atomic E-state index is 0.208. The van der Waals surface area contributed by atoms with Crippen molar-refractivity contribution < 1.29 is 9.84 Å². The molecule has 1 aliphatic heterocycles. The zero-order valence-electron chi connectivity index (χ0n) is 5.58. The van der Waals surface area contributed by atoms with Crippen molar-refractivity contribution in [3.05, 3.63) is 12.7 Å². The highest BCUT2D eigenvalue weighted by molar-refractivity contribution is 4.98. The second-order valence-electron chi connectivity index (χ2n) is 2.46. The molecule has 0 aromatic carbocycles. The van der Waals surface area contributed by atoms with E-state index in [2.05, 4.69) is 6.58 Å². The van der Waals surface area contributed by atoms with Gasteiger partial charge in [-0.25, -0.2) is 0 Å². The quantitative estimate of drug-likeness (QED) is 0.448. The molecule has 0 aliphatic carbocycles. The summed E-state index contributed by atoms with van der Waals surface area (Å²) in [5.41, 5.74) is 0. The van der Waals surface area contributed by atoms with Gasteiger partial charge < -0.3 is 9.84 Å². The summed E-state index contributed by atoms with van der Waals surface area (Å²) in [6.07, 6.45) is 2.70. The summed E-state index contributed by atoms with van der Waals surface area (Å²) in [5.74, 6) is 0. The standard InChI is InChI=1S/C7H12O2/c1-3-6-7(9-6)4-5(2)8/h3,5-8H,1,4H2,2H3/t5-,6-,7+/m0/s1. The number of aliphatic hydroxyl groups excluding tert-OH is 1. The molecule has 9 heavy (non-hydrogen) atoms. The Morgan fingerprint density at radius 1 is 1.89 bits per heavy atom. The minimum atomic E-state index is -0.250. The highest BCUT2D eigenvalue weighted by Crippen LogP contribution is 2.26. The van der Waals surface area contributed by atoms with E-state index in [1.165, 1.54) is 0 Å². The van der Waals surface area contributed by atoms with E-state index in [0.29, 0.717) is 0 Å². The SMILES string of the molecule is C=C[C@@H]1O[C@@H]1C[C@H](C)O. The van der Waals surface area contributed by atoms with Crippen LogP contribution in [0.3, 0.4) is 0 Å². The summed E-state index contributed by atoms with van der Waals surface area (Å²) in [4.78, 5) is 0. The third kappa shape index (κ3) is 1.80. The Morgan fingerprint density at radius 3 is 2.89 bits per heavy atom. The van der Waals surface area contributed by atoms with Crippen LogP contribution in [0.4, 0.5) is 0 Å². The van der Waals surface area contributed by atoms with Crippen molar-refractivity contribution in [3.8, 4) is 0 Å². The number of hydrogen-bond acceptors (Lipinski definition) is 2. The Morgan fingerprint density at radius 2 is 2.56 bits per heavy atom. The van der Waals surface area contributed by atoms with Crippen molar-refractivity contribution >= 4 is 0 Å². The van der Waals surface area contributed by atoms with E-state index in [-0.39, 0.29) is 18.3 Å².